The number of hydrogen-bond donors (Lipinski definition) is 1. The predicted octanol–water partition coefficient (Wildman–Crippen LogP) is 6.07. The summed E-state index contributed by atoms with van der Waals surface area (Å²) in [5.74, 6) is -1.52. The van der Waals surface area contributed by atoms with E-state index in [1.54, 1.807) is 22.9 Å². The lowest BCUT2D eigenvalue weighted by molar-refractivity contribution is 0.102. The second-order valence-electron chi connectivity index (χ2n) is 7.44. The summed E-state index contributed by atoms with van der Waals surface area (Å²) in [6.45, 7) is 0. The monoisotopic (exact) mass is 433 g/mol. The van der Waals surface area contributed by atoms with Crippen molar-refractivity contribution in [3.8, 4) is 5.69 Å². The number of nitrogens with zero attached hydrogens (tertiary/aromatic N) is 2. The number of benzene rings is 2. The van der Waals surface area contributed by atoms with Gasteiger partial charge in [-0.3, -0.25) is 4.79 Å². The van der Waals surface area contributed by atoms with Crippen LogP contribution in [0.25, 0.3) is 5.69 Å². The SMILES string of the molecule is O=C(Nc1ccc(F)cc1F)c1nn(-c2ccc(Cl)cc2Cl)c2c1[C@H]1CC[C@H]2C1. The Morgan fingerprint density at radius 3 is 2.66 bits per heavy atom. The van der Waals surface area contributed by atoms with Crippen molar-refractivity contribution in [2.75, 3.05) is 5.32 Å². The number of nitrogens with one attached hydrogen (secondary N) is 1. The van der Waals surface area contributed by atoms with Gasteiger partial charge >= 0.3 is 0 Å². The summed E-state index contributed by atoms with van der Waals surface area (Å²) in [5, 5.41) is 8.02. The zero-order valence-electron chi connectivity index (χ0n) is 15.1. The molecule has 0 saturated heterocycles. The van der Waals surface area contributed by atoms with Gasteiger partial charge in [-0.2, -0.15) is 5.10 Å². The standard InChI is InChI=1S/C21H15Cl2F2N3O/c22-12-3-6-17(14(23)8-12)28-20-11-2-1-10(7-11)18(20)19(27-28)21(29)26-16-5-4-13(24)9-15(16)25/h3-6,8-11H,1-2,7H2,(H,26,29)/t10-,11-/m0/s1. The van der Waals surface area contributed by atoms with E-state index in [1.807, 2.05) is 0 Å². The van der Waals surface area contributed by atoms with E-state index in [2.05, 4.69) is 10.4 Å². The summed E-state index contributed by atoms with van der Waals surface area (Å²) in [6, 6.07) is 8.14. The Morgan fingerprint density at radius 2 is 1.90 bits per heavy atom. The Kier molecular flexibility index (Phi) is 4.37. The van der Waals surface area contributed by atoms with Gasteiger partial charge in [0.1, 0.15) is 11.6 Å². The number of hydrogen-bond acceptors (Lipinski definition) is 2. The van der Waals surface area contributed by atoms with Crippen LogP contribution in [0.5, 0.6) is 0 Å². The van der Waals surface area contributed by atoms with Gasteiger partial charge in [0, 0.05) is 22.6 Å². The third-order valence-electron chi connectivity index (χ3n) is 5.72. The molecule has 5 rings (SSSR count). The third kappa shape index (κ3) is 3.02. The van der Waals surface area contributed by atoms with Crippen LogP contribution in [0.3, 0.4) is 0 Å². The number of fused-ring (bicyclic) bond motifs is 5. The molecule has 148 valence electrons. The van der Waals surface area contributed by atoms with Crippen LogP contribution in [0.2, 0.25) is 10.0 Å². The van der Waals surface area contributed by atoms with Gasteiger partial charge in [0.05, 0.1) is 22.1 Å². The van der Waals surface area contributed by atoms with Crippen LogP contribution in [-0.4, -0.2) is 15.7 Å². The maximum absolute atomic E-state index is 14.0. The van der Waals surface area contributed by atoms with Gasteiger partial charge < -0.3 is 5.32 Å². The van der Waals surface area contributed by atoms with E-state index in [0.29, 0.717) is 21.7 Å². The Bertz CT molecular complexity index is 1160. The Hall–Kier alpha value is -2.44. The second-order valence-corrected chi connectivity index (χ2v) is 8.28. The predicted molar refractivity (Wildman–Crippen MR) is 107 cm³/mol. The highest BCUT2D eigenvalue weighted by Gasteiger charge is 2.44. The second kappa shape index (κ2) is 6.82. The zero-order valence-corrected chi connectivity index (χ0v) is 16.6. The Morgan fingerprint density at radius 1 is 1.10 bits per heavy atom. The van der Waals surface area contributed by atoms with Crippen LogP contribution < -0.4 is 5.32 Å². The fourth-order valence-corrected chi connectivity index (χ4v) is 5.00. The summed E-state index contributed by atoms with van der Waals surface area (Å²) in [4.78, 5) is 13.0. The summed E-state index contributed by atoms with van der Waals surface area (Å²) in [6.07, 6.45) is 2.98. The molecule has 1 heterocycles. The minimum absolute atomic E-state index is 0.0904. The van der Waals surface area contributed by atoms with Crippen molar-refractivity contribution in [2.24, 2.45) is 0 Å². The van der Waals surface area contributed by atoms with Crippen molar-refractivity contribution in [1.82, 2.24) is 9.78 Å². The van der Waals surface area contributed by atoms with E-state index in [1.165, 1.54) is 6.07 Å². The number of carbonyl (C=O) groups excluding carboxylic acids is 1. The number of carbonyl (C=O) groups is 1. The van der Waals surface area contributed by atoms with Gasteiger partial charge in [-0.25, -0.2) is 13.5 Å². The van der Waals surface area contributed by atoms with E-state index in [0.717, 1.165) is 42.7 Å². The number of rotatable bonds is 3. The van der Waals surface area contributed by atoms with Crippen LogP contribution in [0, 0.1) is 11.6 Å². The average molecular weight is 434 g/mol. The fraction of sp³-hybridized carbons (Fsp3) is 0.238. The highest BCUT2D eigenvalue weighted by Crippen LogP contribution is 2.55. The van der Waals surface area contributed by atoms with Gasteiger partial charge in [-0.05, 0) is 55.5 Å². The van der Waals surface area contributed by atoms with E-state index in [9.17, 15) is 13.6 Å². The normalized spacial score (nSPS) is 19.4. The minimum Gasteiger partial charge on any atom is -0.318 e. The van der Waals surface area contributed by atoms with E-state index in [-0.39, 0.29) is 17.3 Å². The van der Waals surface area contributed by atoms with Crippen LogP contribution in [0.1, 0.15) is 52.8 Å². The maximum Gasteiger partial charge on any atom is 0.276 e. The van der Waals surface area contributed by atoms with Crippen molar-refractivity contribution >= 4 is 34.8 Å². The molecular weight excluding hydrogens is 419 g/mol. The summed E-state index contributed by atoms with van der Waals surface area (Å²) >= 11 is 12.4. The third-order valence-corrected chi connectivity index (χ3v) is 6.26. The van der Waals surface area contributed by atoms with Crippen LogP contribution in [0.15, 0.2) is 36.4 Å². The van der Waals surface area contributed by atoms with E-state index >= 15 is 0 Å². The number of anilines is 1. The van der Waals surface area contributed by atoms with Gasteiger partial charge in [-0.1, -0.05) is 23.2 Å². The maximum atomic E-state index is 14.0. The van der Waals surface area contributed by atoms with Crippen molar-refractivity contribution < 1.29 is 13.6 Å². The highest BCUT2D eigenvalue weighted by molar-refractivity contribution is 6.35. The smallest absolute Gasteiger partial charge is 0.276 e. The first-order valence-electron chi connectivity index (χ1n) is 9.27. The van der Waals surface area contributed by atoms with Gasteiger partial charge in [-0.15, -0.1) is 0 Å². The highest BCUT2D eigenvalue weighted by atomic mass is 35.5. The topological polar surface area (TPSA) is 46.9 Å². The fourth-order valence-electron chi connectivity index (χ4n) is 4.51. The molecule has 2 aliphatic rings. The van der Waals surface area contributed by atoms with E-state index in [4.69, 9.17) is 23.2 Å². The quantitative estimate of drug-likeness (QED) is 0.544. The summed E-state index contributed by atoms with van der Waals surface area (Å²) in [5.41, 5.74) is 2.68. The molecule has 2 atom stereocenters. The number of halogens is 4. The first-order chi connectivity index (χ1) is 13.9. The lowest BCUT2D eigenvalue weighted by Crippen LogP contribution is -2.16. The number of aromatic nitrogens is 2. The van der Waals surface area contributed by atoms with Gasteiger partial charge in [0.25, 0.3) is 5.91 Å². The lowest BCUT2D eigenvalue weighted by atomic mass is 9.95. The van der Waals surface area contributed by atoms with E-state index < -0.39 is 17.5 Å². The van der Waals surface area contributed by atoms with Gasteiger partial charge in [0.2, 0.25) is 0 Å². The zero-order chi connectivity index (χ0) is 20.3. The lowest BCUT2D eigenvalue weighted by Gasteiger charge is -2.15. The first-order valence-corrected chi connectivity index (χ1v) is 10.0. The van der Waals surface area contributed by atoms with Crippen LogP contribution in [0.4, 0.5) is 14.5 Å². The molecule has 1 N–H and O–H groups in total. The molecular formula is C21H15Cl2F2N3O. The molecule has 2 bridgehead atoms. The number of amides is 1. The molecule has 0 spiro atoms. The molecule has 0 aliphatic heterocycles. The molecule has 0 unspecified atom stereocenters. The van der Waals surface area contributed by atoms with Crippen molar-refractivity contribution in [3.05, 3.63) is 75.0 Å². The molecule has 1 fully saturated rings. The molecule has 1 aromatic heterocycles. The van der Waals surface area contributed by atoms with Crippen LogP contribution >= 0.6 is 23.2 Å². The molecule has 2 aromatic carbocycles. The summed E-state index contributed by atoms with van der Waals surface area (Å²) in [7, 11) is 0. The van der Waals surface area contributed by atoms with Gasteiger partial charge in [0.15, 0.2) is 5.69 Å². The molecule has 8 heteroatoms. The molecule has 1 saturated carbocycles. The Balaban J connectivity index is 1.59. The molecule has 29 heavy (non-hydrogen) atoms. The Labute approximate surface area is 175 Å². The summed E-state index contributed by atoms with van der Waals surface area (Å²) < 4.78 is 28.9. The van der Waals surface area contributed by atoms with Crippen molar-refractivity contribution in [3.63, 3.8) is 0 Å². The van der Waals surface area contributed by atoms with Crippen molar-refractivity contribution in [1.29, 1.82) is 0 Å². The molecule has 1 amide bonds. The largest absolute Gasteiger partial charge is 0.318 e. The molecule has 3 aromatic rings. The minimum atomic E-state index is -0.836. The van der Waals surface area contributed by atoms with Crippen molar-refractivity contribution in [2.45, 2.75) is 31.1 Å². The van der Waals surface area contributed by atoms with Crippen LogP contribution in [-0.2, 0) is 0 Å². The molecule has 0 radical (unpaired) electrons. The first kappa shape index (κ1) is 18.6. The average Bonchev–Trinajstić information content (AvgIpc) is 3.36. The molecule has 2 aliphatic carbocycles. The molecule has 4 nitrogen and oxygen atoms in total.